The van der Waals surface area contributed by atoms with Gasteiger partial charge in [0, 0.05) is 23.7 Å². The number of nitrogens with zero attached hydrogens (tertiary/aromatic N) is 2. The van der Waals surface area contributed by atoms with E-state index in [1.807, 2.05) is 32.3 Å². The molecule has 2 aromatic rings. The molecule has 0 spiro atoms. The zero-order valence-electron chi connectivity index (χ0n) is 9.28. The van der Waals surface area contributed by atoms with Crippen LogP contribution in [0.5, 0.6) is 0 Å². The maximum atomic E-state index is 4.54. The summed E-state index contributed by atoms with van der Waals surface area (Å²) < 4.78 is 0. The summed E-state index contributed by atoms with van der Waals surface area (Å²) in [4.78, 5) is 8.72. The van der Waals surface area contributed by atoms with E-state index in [-0.39, 0.29) is 7.43 Å². The molecule has 0 saturated carbocycles. The zero-order chi connectivity index (χ0) is 10.8. The van der Waals surface area contributed by atoms with Gasteiger partial charge in [-0.25, -0.2) is 0 Å². The van der Waals surface area contributed by atoms with Crippen molar-refractivity contribution in [2.24, 2.45) is 0 Å². The second-order valence-electron chi connectivity index (χ2n) is 3.85. The van der Waals surface area contributed by atoms with E-state index >= 15 is 0 Å². The van der Waals surface area contributed by atoms with Crippen LogP contribution in [0.25, 0.3) is 11.3 Å². The maximum absolute atomic E-state index is 4.54. The van der Waals surface area contributed by atoms with Gasteiger partial charge in [-0.05, 0) is 44.0 Å². The fourth-order valence-electron chi connectivity index (χ4n) is 1.49. The third-order valence-corrected chi connectivity index (χ3v) is 2.52. The largest absolute Gasteiger partial charge is 0.264 e. The van der Waals surface area contributed by atoms with Crippen LogP contribution >= 0.6 is 0 Å². The molecule has 2 rings (SSSR count). The summed E-state index contributed by atoms with van der Waals surface area (Å²) in [6, 6.07) is 6.24. The molecule has 0 unspecified atom stereocenters. The van der Waals surface area contributed by atoms with Gasteiger partial charge < -0.3 is 0 Å². The summed E-state index contributed by atoms with van der Waals surface area (Å²) >= 11 is 0. The monoisotopic (exact) mass is 214 g/mol. The van der Waals surface area contributed by atoms with Crippen LogP contribution in [0.15, 0.2) is 30.6 Å². The molecule has 84 valence electrons. The number of pyridine rings is 2. The molecule has 0 aliphatic heterocycles. The SMILES string of the molecule is C.Cc1cncc(-c2ccc(C)c(C)n2)c1. The summed E-state index contributed by atoms with van der Waals surface area (Å²) in [5.41, 5.74) is 5.54. The Morgan fingerprint density at radius 1 is 1.00 bits per heavy atom. The average molecular weight is 214 g/mol. The van der Waals surface area contributed by atoms with Crippen LogP contribution in [0.4, 0.5) is 0 Å². The highest BCUT2D eigenvalue weighted by molar-refractivity contribution is 5.59. The Hall–Kier alpha value is -1.70. The molecular formula is C14H18N2. The van der Waals surface area contributed by atoms with E-state index in [4.69, 9.17) is 0 Å². The van der Waals surface area contributed by atoms with Gasteiger partial charge >= 0.3 is 0 Å². The highest BCUT2D eigenvalue weighted by atomic mass is 14.7. The number of aryl methyl sites for hydroxylation is 3. The lowest BCUT2D eigenvalue weighted by Crippen LogP contribution is -1.91. The molecule has 16 heavy (non-hydrogen) atoms. The average Bonchev–Trinajstić information content (AvgIpc) is 2.22. The number of hydrogen-bond donors (Lipinski definition) is 0. The van der Waals surface area contributed by atoms with E-state index in [1.165, 1.54) is 5.56 Å². The Morgan fingerprint density at radius 2 is 1.75 bits per heavy atom. The molecule has 2 heteroatoms. The molecule has 0 aromatic carbocycles. The molecule has 0 bridgehead atoms. The van der Waals surface area contributed by atoms with Crippen molar-refractivity contribution in [3.8, 4) is 11.3 Å². The van der Waals surface area contributed by atoms with E-state index < -0.39 is 0 Å². The molecule has 2 nitrogen and oxygen atoms in total. The molecule has 0 N–H and O–H groups in total. The molecule has 0 aliphatic carbocycles. The lowest BCUT2D eigenvalue weighted by atomic mass is 10.1. The van der Waals surface area contributed by atoms with Crippen molar-refractivity contribution in [1.82, 2.24) is 9.97 Å². The first-order chi connectivity index (χ1) is 7.16. The van der Waals surface area contributed by atoms with Crippen molar-refractivity contribution in [2.75, 3.05) is 0 Å². The molecule has 0 atom stereocenters. The molecule has 0 radical (unpaired) electrons. The van der Waals surface area contributed by atoms with Gasteiger partial charge in [0.15, 0.2) is 0 Å². The molecular weight excluding hydrogens is 196 g/mol. The number of hydrogen-bond acceptors (Lipinski definition) is 2. The minimum Gasteiger partial charge on any atom is -0.264 e. The first-order valence-corrected chi connectivity index (χ1v) is 5.03. The second-order valence-corrected chi connectivity index (χ2v) is 3.85. The molecule has 0 amide bonds. The van der Waals surface area contributed by atoms with E-state index in [9.17, 15) is 0 Å². The number of rotatable bonds is 1. The quantitative estimate of drug-likeness (QED) is 0.723. The van der Waals surface area contributed by atoms with Crippen molar-refractivity contribution >= 4 is 0 Å². The Morgan fingerprint density at radius 3 is 2.38 bits per heavy atom. The van der Waals surface area contributed by atoms with Gasteiger partial charge in [-0.3, -0.25) is 9.97 Å². The highest BCUT2D eigenvalue weighted by Gasteiger charge is 2.01. The maximum Gasteiger partial charge on any atom is 0.0720 e. The fourth-order valence-corrected chi connectivity index (χ4v) is 1.49. The van der Waals surface area contributed by atoms with Crippen LogP contribution < -0.4 is 0 Å². The van der Waals surface area contributed by atoms with Gasteiger partial charge in [-0.1, -0.05) is 13.5 Å². The number of aromatic nitrogens is 2. The van der Waals surface area contributed by atoms with Crippen molar-refractivity contribution in [3.63, 3.8) is 0 Å². The van der Waals surface area contributed by atoms with E-state index in [2.05, 4.69) is 29.0 Å². The third kappa shape index (κ3) is 2.45. The zero-order valence-corrected chi connectivity index (χ0v) is 9.28. The standard InChI is InChI=1S/C13H14N2.CH4/c1-9-6-12(8-14-7-9)13-5-4-10(2)11(3)15-13;/h4-8H,1-3H3;1H4. The van der Waals surface area contributed by atoms with Crippen molar-refractivity contribution in [3.05, 3.63) is 47.4 Å². The van der Waals surface area contributed by atoms with Crippen molar-refractivity contribution in [2.45, 2.75) is 28.2 Å². The normalized spacial score (nSPS) is 9.69. The van der Waals surface area contributed by atoms with Crippen LogP contribution in [0, 0.1) is 20.8 Å². The Kier molecular flexibility index (Phi) is 3.78. The van der Waals surface area contributed by atoms with Crippen LogP contribution in [0.3, 0.4) is 0 Å². The predicted octanol–water partition coefficient (Wildman–Crippen LogP) is 3.70. The predicted molar refractivity (Wildman–Crippen MR) is 68.4 cm³/mol. The van der Waals surface area contributed by atoms with Crippen molar-refractivity contribution in [1.29, 1.82) is 0 Å². The first-order valence-electron chi connectivity index (χ1n) is 5.03. The van der Waals surface area contributed by atoms with Gasteiger partial charge in [0.1, 0.15) is 0 Å². The van der Waals surface area contributed by atoms with Gasteiger partial charge in [0.05, 0.1) is 5.69 Å². The fraction of sp³-hybridized carbons (Fsp3) is 0.286. The van der Waals surface area contributed by atoms with Crippen LogP contribution in [0.2, 0.25) is 0 Å². The molecule has 2 heterocycles. The van der Waals surface area contributed by atoms with E-state index in [1.54, 1.807) is 0 Å². The van der Waals surface area contributed by atoms with E-state index in [0.29, 0.717) is 0 Å². The summed E-state index contributed by atoms with van der Waals surface area (Å²) in [6.07, 6.45) is 3.70. The van der Waals surface area contributed by atoms with Crippen LogP contribution in [-0.4, -0.2) is 9.97 Å². The highest BCUT2D eigenvalue weighted by Crippen LogP contribution is 2.18. The molecule has 2 aromatic heterocycles. The van der Waals surface area contributed by atoms with Crippen molar-refractivity contribution < 1.29 is 0 Å². The van der Waals surface area contributed by atoms with Crippen LogP contribution in [-0.2, 0) is 0 Å². The summed E-state index contributed by atoms with van der Waals surface area (Å²) in [5, 5.41) is 0. The van der Waals surface area contributed by atoms with Crippen LogP contribution in [0.1, 0.15) is 24.2 Å². The minimum atomic E-state index is 0. The summed E-state index contributed by atoms with van der Waals surface area (Å²) in [7, 11) is 0. The van der Waals surface area contributed by atoms with E-state index in [0.717, 1.165) is 22.5 Å². The Balaban J connectivity index is 0.00000128. The van der Waals surface area contributed by atoms with Gasteiger partial charge in [-0.2, -0.15) is 0 Å². The Labute approximate surface area is 97.4 Å². The van der Waals surface area contributed by atoms with Gasteiger partial charge in [0.2, 0.25) is 0 Å². The van der Waals surface area contributed by atoms with Gasteiger partial charge in [-0.15, -0.1) is 0 Å². The third-order valence-electron chi connectivity index (χ3n) is 2.52. The lowest BCUT2D eigenvalue weighted by Gasteiger charge is -2.04. The molecule has 0 saturated heterocycles. The summed E-state index contributed by atoms with van der Waals surface area (Å²) in [6.45, 7) is 6.14. The smallest absolute Gasteiger partial charge is 0.0720 e. The second kappa shape index (κ2) is 4.88. The lowest BCUT2D eigenvalue weighted by molar-refractivity contribution is 1.15. The minimum absolute atomic E-state index is 0. The first kappa shape index (κ1) is 12.4. The summed E-state index contributed by atoms with van der Waals surface area (Å²) in [5.74, 6) is 0. The van der Waals surface area contributed by atoms with Gasteiger partial charge in [0.25, 0.3) is 0 Å². The topological polar surface area (TPSA) is 25.8 Å². The Bertz CT molecular complexity index is 490. The molecule has 0 aliphatic rings. The molecule has 0 fully saturated rings.